The summed E-state index contributed by atoms with van der Waals surface area (Å²) in [7, 11) is 1.58. The Labute approximate surface area is 113 Å². The topological polar surface area (TPSA) is 9.23 Å². The first-order valence-corrected chi connectivity index (χ1v) is 6.30. The van der Waals surface area contributed by atoms with Gasteiger partial charge in [0.15, 0.2) is 0 Å². The predicted octanol–water partition coefficient (Wildman–Crippen LogP) is 4.87. The van der Waals surface area contributed by atoms with Gasteiger partial charge in [-0.15, -0.1) is 0 Å². The van der Waals surface area contributed by atoms with Crippen LogP contribution in [0.1, 0.15) is 5.56 Å². The van der Waals surface area contributed by atoms with Crippen LogP contribution in [0.2, 0.25) is 0 Å². The van der Waals surface area contributed by atoms with Gasteiger partial charge in [0.05, 0.1) is 12.7 Å². The van der Waals surface area contributed by atoms with Gasteiger partial charge in [0, 0.05) is 9.79 Å². The van der Waals surface area contributed by atoms with Crippen LogP contribution in [0.3, 0.4) is 0 Å². The van der Waals surface area contributed by atoms with E-state index in [0.717, 1.165) is 27.7 Å². The third-order valence-corrected chi connectivity index (χ3v) is 3.49. The Morgan fingerprint density at radius 3 is 1.74 bits per heavy atom. The van der Waals surface area contributed by atoms with Crippen LogP contribution in [0.25, 0.3) is 0 Å². The Morgan fingerprint density at radius 1 is 0.842 bits per heavy atom. The van der Waals surface area contributed by atoms with E-state index in [9.17, 15) is 13.2 Å². The van der Waals surface area contributed by atoms with Crippen LogP contribution in [0.4, 0.5) is 13.2 Å². The van der Waals surface area contributed by atoms with Gasteiger partial charge in [-0.1, -0.05) is 11.8 Å². The summed E-state index contributed by atoms with van der Waals surface area (Å²) in [4.78, 5) is 1.71. The summed E-state index contributed by atoms with van der Waals surface area (Å²) in [6, 6.07) is 12.5. The molecule has 0 bridgehead atoms. The SMILES string of the molecule is COc1ccc(Sc2ccc(C(F)(F)F)cc2)cc1. The van der Waals surface area contributed by atoms with E-state index in [1.807, 2.05) is 24.3 Å². The smallest absolute Gasteiger partial charge is 0.416 e. The quantitative estimate of drug-likeness (QED) is 0.795. The fourth-order valence-corrected chi connectivity index (χ4v) is 2.31. The zero-order chi connectivity index (χ0) is 13.9. The predicted molar refractivity (Wildman–Crippen MR) is 68.6 cm³/mol. The maximum absolute atomic E-state index is 12.4. The number of hydrogen-bond acceptors (Lipinski definition) is 2. The molecule has 0 N–H and O–H groups in total. The van der Waals surface area contributed by atoms with Gasteiger partial charge in [-0.3, -0.25) is 0 Å². The molecule has 2 aromatic carbocycles. The highest BCUT2D eigenvalue weighted by atomic mass is 32.2. The average Bonchev–Trinajstić information content (AvgIpc) is 2.39. The van der Waals surface area contributed by atoms with Crippen LogP contribution in [0, 0.1) is 0 Å². The van der Waals surface area contributed by atoms with E-state index >= 15 is 0 Å². The molecule has 0 fully saturated rings. The van der Waals surface area contributed by atoms with Crippen LogP contribution < -0.4 is 4.74 Å². The Bertz CT molecular complexity index is 532. The van der Waals surface area contributed by atoms with Crippen molar-refractivity contribution in [3.63, 3.8) is 0 Å². The molecule has 1 nitrogen and oxygen atoms in total. The van der Waals surface area contributed by atoms with E-state index in [2.05, 4.69) is 0 Å². The van der Waals surface area contributed by atoms with Gasteiger partial charge in [-0.2, -0.15) is 13.2 Å². The fraction of sp³-hybridized carbons (Fsp3) is 0.143. The third-order valence-electron chi connectivity index (χ3n) is 2.48. The third kappa shape index (κ3) is 3.67. The van der Waals surface area contributed by atoms with E-state index in [4.69, 9.17) is 4.74 Å². The van der Waals surface area contributed by atoms with Gasteiger partial charge in [0.1, 0.15) is 5.75 Å². The first-order chi connectivity index (χ1) is 8.99. The summed E-state index contributed by atoms with van der Waals surface area (Å²) in [6.45, 7) is 0. The van der Waals surface area contributed by atoms with Crippen LogP contribution in [-0.2, 0) is 6.18 Å². The molecule has 0 radical (unpaired) electrons. The number of hydrogen-bond donors (Lipinski definition) is 0. The number of rotatable bonds is 3. The van der Waals surface area contributed by atoms with E-state index in [1.54, 1.807) is 7.11 Å². The molecule has 0 aliphatic carbocycles. The Morgan fingerprint density at radius 2 is 1.32 bits per heavy atom. The standard InChI is InChI=1S/C14H11F3OS/c1-18-11-4-8-13(9-5-11)19-12-6-2-10(3-7-12)14(15,16)17/h2-9H,1H3. The molecule has 19 heavy (non-hydrogen) atoms. The molecule has 5 heteroatoms. The van der Waals surface area contributed by atoms with Crippen molar-refractivity contribution < 1.29 is 17.9 Å². The van der Waals surface area contributed by atoms with Crippen molar-refractivity contribution in [2.24, 2.45) is 0 Å². The Balaban J connectivity index is 2.10. The molecule has 0 amide bonds. The van der Waals surface area contributed by atoms with Crippen molar-refractivity contribution in [1.29, 1.82) is 0 Å². The lowest BCUT2D eigenvalue weighted by molar-refractivity contribution is -0.137. The molecule has 0 aromatic heterocycles. The largest absolute Gasteiger partial charge is 0.497 e. The zero-order valence-electron chi connectivity index (χ0n) is 10.1. The molecular formula is C14H11F3OS. The lowest BCUT2D eigenvalue weighted by atomic mass is 10.2. The number of alkyl halides is 3. The first-order valence-electron chi connectivity index (χ1n) is 5.48. The minimum absolute atomic E-state index is 0.633. The maximum atomic E-state index is 12.4. The van der Waals surface area contributed by atoms with E-state index in [-0.39, 0.29) is 0 Å². The lowest BCUT2D eigenvalue weighted by Gasteiger charge is -2.07. The molecule has 0 atom stereocenters. The molecule has 2 rings (SSSR count). The van der Waals surface area contributed by atoms with Gasteiger partial charge in [0.25, 0.3) is 0 Å². The minimum Gasteiger partial charge on any atom is -0.497 e. The number of ether oxygens (including phenoxy) is 1. The van der Waals surface area contributed by atoms with Gasteiger partial charge < -0.3 is 4.74 Å². The van der Waals surface area contributed by atoms with Gasteiger partial charge >= 0.3 is 6.18 Å². The monoisotopic (exact) mass is 284 g/mol. The van der Waals surface area contributed by atoms with Crippen LogP contribution in [-0.4, -0.2) is 7.11 Å². The summed E-state index contributed by atoms with van der Waals surface area (Å²) in [5.41, 5.74) is -0.633. The van der Waals surface area contributed by atoms with Crippen LogP contribution >= 0.6 is 11.8 Å². The van der Waals surface area contributed by atoms with E-state index < -0.39 is 11.7 Å². The van der Waals surface area contributed by atoms with Gasteiger partial charge in [-0.05, 0) is 48.5 Å². The second-order valence-electron chi connectivity index (χ2n) is 3.80. The highest BCUT2D eigenvalue weighted by molar-refractivity contribution is 7.99. The van der Waals surface area contributed by atoms with Crippen molar-refractivity contribution in [2.45, 2.75) is 16.0 Å². The number of benzene rings is 2. The van der Waals surface area contributed by atoms with Crippen molar-refractivity contribution in [1.82, 2.24) is 0 Å². The van der Waals surface area contributed by atoms with Gasteiger partial charge in [0.2, 0.25) is 0 Å². The van der Waals surface area contributed by atoms with Crippen molar-refractivity contribution in [3.8, 4) is 5.75 Å². The molecule has 0 spiro atoms. The molecule has 0 aliphatic rings. The van der Waals surface area contributed by atoms with Crippen molar-refractivity contribution in [2.75, 3.05) is 7.11 Å². The summed E-state index contributed by atoms with van der Waals surface area (Å²) >= 11 is 1.40. The first kappa shape index (κ1) is 13.8. The molecule has 100 valence electrons. The molecule has 0 heterocycles. The second kappa shape index (κ2) is 5.57. The molecular weight excluding hydrogens is 273 g/mol. The highest BCUT2D eigenvalue weighted by Gasteiger charge is 2.29. The molecule has 0 unspecified atom stereocenters. The van der Waals surface area contributed by atoms with Gasteiger partial charge in [-0.25, -0.2) is 0 Å². The maximum Gasteiger partial charge on any atom is 0.416 e. The van der Waals surface area contributed by atoms with E-state index in [0.29, 0.717) is 0 Å². The lowest BCUT2D eigenvalue weighted by Crippen LogP contribution is -2.03. The van der Waals surface area contributed by atoms with Crippen LogP contribution in [0.5, 0.6) is 5.75 Å². The fourth-order valence-electron chi connectivity index (χ4n) is 1.49. The summed E-state index contributed by atoms with van der Waals surface area (Å²) in [6.07, 6.45) is -4.29. The summed E-state index contributed by atoms with van der Waals surface area (Å²) < 4.78 is 42.3. The molecule has 2 aromatic rings. The molecule has 0 saturated heterocycles. The highest BCUT2D eigenvalue weighted by Crippen LogP contribution is 2.33. The minimum atomic E-state index is -4.29. The van der Waals surface area contributed by atoms with E-state index in [1.165, 1.54) is 23.9 Å². The Hall–Kier alpha value is -1.62. The van der Waals surface area contributed by atoms with Crippen molar-refractivity contribution >= 4 is 11.8 Å². The van der Waals surface area contributed by atoms with Crippen LogP contribution in [0.15, 0.2) is 58.3 Å². The average molecular weight is 284 g/mol. The Kier molecular flexibility index (Phi) is 4.04. The second-order valence-corrected chi connectivity index (χ2v) is 4.95. The number of methoxy groups -OCH3 is 1. The van der Waals surface area contributed by atoms with Crippen molar-refractivity contribution in [3.05, 3.63) is 54.1 Å². The summed E-state index contributed by atoms with van der Waals surface area (Å²) in [5, 5.41) is 0. The molecule has 0 saturated carbocycles. The number of halogens is 3. The summed E-state index contributed by atoms with van der Waals surface area (Å²) in [5.74, 6) is 0.747. The molecule has 0 aliphatic heterocycles. The zero-order valence-corrected chi connectivity index (χ0v) is 10.9. The normalized spacial score (nSPS) is 11.4.